The summed E-state index contributed by atoms with van der Waals surface area (Å²) in [4.78, 5) is 0. The summed E-state index contributed by atoms with van der Waals surface area (Å²) in [5.41, 5.74) is 0.130. The molecule has 2 unspecified atom stereocenters. The largest absolute Gasteiger partial charge is 0.387 e. The van der Waals surface area contributed by atoms with Gasteiger partial charge in [-0.1, -0.05) is 19.9 Å². The zero-order valence-corrected chi connectivity index (χ0v) is 11.8. The summed E-state index contributed by atoms with van der Waals surface area (Å²) in [6.07, 6.45) is 1.16. The van der Waals surface area contributed by atoms with Crippen molar-refractivity contribution < 1.29 is 13.9 Å². The quantitative estimate of drug-likeness (QED) is 0.796. The van der Waals surface area contributed by atoms with Gasteiger partial charge in [0.15, 0.2) is 0 Å². The molecule has 1 aromatic carbocycles. The number of hydrogen-bond acceptors (Lipinski definition) is 2. The second kappa shape index (κ2) is 7.56. The van der Waals surface area contributed by atoms with E-state index in [2.05, 4.69) is 19.2 Å². The van der Waals surface area contributed by atoms with Crippen molar-refractivity contribution in [2.45, 2.75) is 45.8 Å². The molecular weight excluding hydrogens is 248 g/mol. The minimum Gasteiger partial charge on any atom is -0.387 e. The third-order valence-corrected chi connectivity index (χ3v) is 3.16. The monoisotopic (exact) mass is 271 g/mol. The Kier molecular flexibility index (Phi) is 6.38. The number of benzene rings is 1. The van der Waals surface area contributed by atoms with Crippen molar-refractivity contribution in [3.05, 3.63) is 35.4 Å². The summed E-state index contributed by atoms with van der Waals surface area (Å²) in [6, 6.07) is 3.50. The predicted molar refractivity (Wildman–Crippen MR) is 72.9 cm³/mol. The van der Waals surface area contributed by atoms with E-state index >= 15 is 0 Å². The fourth-order valence-corrected chi connectivity index (χ4v) is 1.88. The van der Waals surface area contributed by atoms with Crippen molar-refractivity contribution in [1.82, 2.24) is 5.32 Å². The third kappa shape index (κ3) is 5.66. The van der Waals surface area contributed by atoms with Crippen LogP contribution in [0.2, 0.25) is 0 Å². The van der Waals surface area contributed by atoms with Gasteiger partial charge in [-0.05, 0) is 31.7 Å². The van der Waals surface area contributed by atoms with Crippen LogP contribution in [0.4, 0.5) is 8.78 Å². The molecule has 2 N–H and O–H groups in total. The average Bonchev–Trinajstić information content (AvgIpc) is 2.33. The van der Waals surface area contributed by atoms with Crippen LogP contribution in [0.15, 0.2) is 18.2 Å². The van der Waals surface area contributed by atoms with Crippen molar-refractivity contribution in [3.8, 4) is 0 Å². The van der Waals surface area contributed by atoms with Gasteiger partial charge in [-0.3, -0.25) is 0 Å². The molecule has 4 heteroatoms. The van der Waals surface area contributed by atoms with Gasteiger partial charge in [-0.25, -0.2) is 8.78 Å². The van der Waals surface area contributed by atoms with Crippen molar-refractivity contribution in [2.75, 3.05) is 6.54 Å². The lowest BCUT2D eigenvalue weighted by Crippen LogP contribution is -2.31. The molecule has 1 aromatic rings. The molecule has 0 bridgehead atoms. The van der Waals surface area contributed by atoms with Crippen LogP contribution in [-0.2, 0) is 0 Å². The molecule has 0 amide bonds. The highest BCUT2D eigenvalue weighted by Crippen LogP contribution is 2.17. The molecule has 0 fully saturated rings. The van der Waals surface area contributed by atoms with Gasteiger partial charge in [0.25, 0.3) is 0 Å². The van der Waals surface area contributed by atoms with Crippen molar-refractivity contribution >= 4 is 0 Å². The van der Waals surface area contributed by atoms with Crippen LogP contribution in [0, 0.1) is 17.6 Å². The Hall–Kier alpha value is -1.00. The molecule has 0 aliphatic carbocycles. The van der Waals surface area contributed by atoms with Crippen LogP contribution in [-0.4, -0.2) is 17.7 Å². The predicted octanol–water partition coefficient (Wildman–Crippen LogP) is 3.41. The molecule has 0 spiro atoms. The molecule has 19 heavy (non-hydrogen) atoms. The summed E-state index contributed by atoms with van der Waals surface area (Å²) in [5, 5.41) is 13.1. The topological polar surface area (TPSA) is 32.3 Å². The first-order chi connectivity index (χ1) is 8.90. The minimum absolute atomic E-state index is 0.130. The van der Waals surface area contributed by atoms with E-state index in [1.165, 1.54) is 6.07 Å². The van der Waals surface area contributed by atoms with Crippen LogP contribution in [0.5, 0.6) is 0 Å². The number of halogens is 2. The van der Waals surface area contributed by atoms with Crippen molar-refractivity contribution in [2.24, 2.45) is 5.92 Å². The summed E-state index contributed by atoms with van der Waals surface area (Å²) >= 11 is 0. The molecule has 108 valence electrons. The smallest absolute Gasteiger partial charge is 0.131 e. The van der Waals surface area contributed by atoms with Crippen molar-refractivity contribution in [1.29, 1.82) is 0 Å². The Morgan fingerprint density at radius 1 is 1.16 bits per heavy atom. The zero-order chi connectivity index (χ0) is 14.4. The Morgan fingerprint density at radius 3 is 2.42 bits per heavy atom. The summed E-state index contributed by atoms with van der Waals surface area (Å²) < 4.78 is 26.2. The standard InChI is InChI=1S/C15H23F2NO/c1-10(2)4-5-11(3)18-9-15(19)13-7-6-12(16)8-14(13)17/h6-8,10-11,15,18-19H,4-5,9H2,1-3H3. The van der Waals surface area contributed by atoms with E-state index in [-0.39, 0.29) is 18.2 Å². The molecule has 2 nitrogen and oxygen atoms in total. The molecule has 1 rings (SSSR count). The van der Waals surface area contributed by atoms with Gasteiger partial charge in [0, 0.05) is 24.2 Å². The molecule has 0 saturated heterocycles. The van der Waals surface area contributed by atoms with Gasteiger partial charge < -0.3 is 10.4 Å². The molecule has 0 aliphatic heterocycles. The summed E-state index contributed by atoms with van der Waals surface area (Å²) in [6.45, 7) is 6.63. The van der Waals surface area contributed by atoms with E-state index < -0.39 is 17.7 Å². The number of hydrogen-bond donors (Lipinski definition) is 2. The number of nitrogens with one attached hydrogen (secondary N) is 1. The van der Waals surface area contributed by atoms with E-state index in [1.54, 1.807) is 0 Å². The van der Waals surface area contributed by atoms with Gasteiger partial charge in [0.2, 0.25) is 0 Å². The van der Waals surface area contributed by atoms with Crippen molar-refractivity contribution in [3.63, 3.8) is 0 Å². The highest BCUT2D eigenvalue weighted by atomic mass is 19.1. The fourth-order valence-electron chi connectivity index (χ4n) is 1.88. The fraction of sp³-hybridized carbons (Fsp3) is 0.600. The van der Waals surface area contributed by atoms with Gasteiger partial charge in [0.1, 0.15) is 11.6 Å². The maximum atomic E-state index is 13.5. The molecule has 0 heterocycles. The zero-order valence-electron chi connectivity index (χ0n) is 11.8. The van der Waals surface area contributed by atoms with Gasteiger partial charge in [-0.2, -0.15) is 0 Å². The molecular formula is C15H23F2NO. The Balaban J connectivity index is 2.44. The first kappa shape index (κ1) is 16.1. The second-order valence-electron chi connectivity index (χ2n) is 5.46. The first-order valence-corrected chi connectivity index (χ1v) is 6.76. The van der Waals surface area contributed by atoms with Gasteiger partial charge in [-0.15, -0.1) is 0 Å². The van der Waals surface area contributed by atoms with Crippen LogP contribution in [0.3, 0.4) is 0 Å². The number of aliphatic hydroxyl groups is 1. The maximum Gasteiger partial charge on any atom is 0.131 e. The molecule has 2 atom stereocenters. The maximum absolute atomic E-state index is 13.5. The summed E-state index contributed by atoms with van der Waals surface area (Å²) in [5.74, 6) is -0.695. The lowest BCUT2D eigenvalue weighted by molar-refractivity contribution is 0.165. The highest BCUT2D eigenvalue weighted by Gasteiger charge is 2.14. The average molecular weight is 271 g/mol. The van der Waals surface area contributed by atoms with Crippen LogP contribution < -0.4 is 5.32 Å². The Labute approximate surface area is 113 Å². The van der Waals surface area contributed by atoms with E-state index in [0.717, 1.165) is 25.0 Å². The second-order valence-corrected chi connectivity index (χ2v) is 5.46. The molecule has 0 saturated carbocycles. The van der Waals surface area contributed by atoms with Gasteiger partial charge in [0.05, 0.1) is 6.10 Å². The Morgan fingerprint density at radius 2 is 1.84 bits per heavy atom. The van der Waals surface area contributed by atoms with E-state index in [1.807, 2.05) is 6.92 Å². The Bertz CT molecular complexity index is 396. The molecule has 0 radical (unpaired) electrons. The number of aliphatic hydroxyl groups excluding tert-OH is 1. The minimum atomic E-state index is -0.956. The van der Waals surface area contributed by atoms with E-state index in [0.29, 0.717) is 5.92 Å². The highest BCUT2D eigenvalue weighted by molar-refractivity contribution is 5.21. The molecule has 0 aliphatic rings. The van der Waals surface area contributed by atoms with Crippen LogP contribution >= 0.6 is 0 Å². The van der Waals surface area contributed by atoms with Gasteiger partial charge >= 0.3 is 0 Å². The van der Waals surface area contributed by atoms with E-state index in [4.69, 9.17) is 0 Å². The first-order valence-electron chi connectivity index (χ1n) is 6.76. The number of rotatable bonds is 7. The normalized spacial score (nSPS) is 14.7. The van der Waals surface area contributed by atoms with Crippen LogP contribution in [0.1, 0.15) is 45.3 Å². The van der Waals surface area contributed by atoms with E-state index in [9.17, 15) is 13.9 Å². The lowest BCUT2D eigenvalue weighted by Gasteiger charge is -2.18. The lowest BCUT2D eigenvalue weighted by atomic mass is 10.0. The third-order valence-electron chi connectivity index (χ3n) is 3.16. The molecule has 0 aromatic heterocycles. The van der Waals surface area contributed by atoms with Crippen LogP contribution in [0.25, 0.3) is 0 Å². The SMILES string of the molecule is CC(C)CCC(C)NCC(O)c1ccc(F)cc1F. The summed E-state index contributed by atoms with van der Waals surface area (Å²) in [7, 11) is 0.